The molecule has 0 aliphatic rings. The standard InChI is InChI=1S/C8H12ClF2N3/c1-5(2-7(10)11)3-14-4-6(9)8(12)13-14/h4-5,7H,2-3H2,1H3,(H2,12,13). The number of hydrogen-bond donors (Lipinski definition) is 1. The van der Waals surface area contributed by atoms with E-state index >= 15 is 0 Å². The molecule has 0 radical (unpaired) electrons. The van der Waals surface area contributed by atoms with E-state index in [0.717, 1.165) is 0 Å². The third-order valence-electron chi connectivity index (χ3n) is 1.82. The van der Waals surface area contributed by atoms with Gasteiger partial charge in [-0.2, -0.15) is 5.10 Å². The van der Waals surface area contributed by atoms with Gasteiger partial charge in [0.25, 0.3) is 0 Å². The normalized spacial score (nSPS) is 13.5. The summed E-state index contributed by atoms with van der Waals surface area (Å²) in [6.45, 7) is 2.14. The number of anilines is 1. The maximum atomic E-state index is 12.0. The summed E-state index contributed by atoms with van der Waals surface area (Å²) in [6.07, 6.45) is -0.885. The minimum atomic E-state index is -2.28. The molecule has 0 aliphatic heterocycles. The summed E-state index contributed by atoms with van der Waals surface area (Å²) in [5.41, 5.74) is 5.41. The van der Waals surface area contributed by atoms with Crippen LogP contribution in [0.4, 0.5) is 14.6 Å². The quantitative estimate of drug-likeness (QED) is 0.852. The fraction of sp³-hybridized carbons (Fsp3) is 0.625. The van der Waals surface area contributed by atoms with Crippen LogP contribution in [-0.4, -0.2) is 16.2 Å². The van der Waals surface area contributed by atoms with Gasteiger partial charge < -0.3 is 5.73 Å². The van der Waals surface area contributed by atoms with E-state index in [1.54, 1.807) is 13.1 Å². The van der Waals surface area contributed by atoms with Crippen LogP contribution in [0.3, 0.4) is 0 Å². The molecule has 0 fully saturated rings. The third-order valence-corrected chi connectivity index (χ3v) is 2.11. The van der Waals surface area contributed by atoms with Crippen LogP contribution in [0.2, 0.25) is 5.02 Å². The van der Waals surface area contributed by atoms with E-state index < -0.39 is 6.43 Å². The maximum Gasteiger partial charge on any atom is 0.239 e. The minimum Gasteiger partial charge on any atom is -0.381 e. The Balaban J connectivity index is 2.51. The number of aromatic nitrogens is 2. The van der Waals surface area contributed by atoms with Gasteiger partial charge in [-0.05, 0) is 5.92 Å². The second-order valence-corrected chi connectivity index (χ2v) is 3.72. The summed E-state index contributed by atoms with van der Waals surface area (Å²) in [4.78, 5) is 0. The maximum absolute atomic E-state index is 12.0. The molecule has 1 rings (SSSR count). The fourth-order valence-electron chi connectivity index (χ4n) is 1.20. The van der Waals surface area contributed by atoms with Gasteiger partial charge in [-0.3, -0.25) is 4.68 Å². The van der Waals surface area contributed by atoms with Crippen LogP contribution < -0.4 is 5.73 Å². The van der Waals surface area contributed by atoms with Crippen molar-refractivity contribution in [3.63, 3.8) is 0 Å². The highest BCUT2D eigenvalue weighted by Gasteiger charge is 2.12. The molecule has 1 atom stereocenters. The summed E-state index contributed by atoms with van der Waals surface area (Å²) in [5, 5.41) is 4.23. The van der Waals surface area contributed by atoms with Crippen LogP contribution >= 0.6 is 11.6 Å². The van der Waals surface area contributed by atoms with Gasteiger partial charge >= 0.3 is 0 Å². The smallest absolute Gasteiger partial charge is 0.239 e. The molecule has 1 aromatic heterocycles. The van der Waals surface area contributed by atoms with Crippen LogP contribution in [-0.2, 0) is 6.54 Å². The van der Waals surface area contributed by atoms with E-state index in [-0.39, 0.29) is 18.2 Å². The predicted molar refractivity (Wildman–Crippen MR) is 51.4 cm³/mol. The van der Waals surface area contributed by atoms with Crippen molar-refractivity contribution >= 4 is 17.4 Å². The van der Waals surface area contributed by atoms with Crippen molar-refractivity contribution in [1.82, 2.24) is 9.78 Å². The van der Waals surface area contributed by atoms with Crippen LogP contribution in [0, 0.1) is 5.92 Å². The lowest BCUT2D eigenvalue weighted by molar-refractivity contribution is 0.113. The monoisotopic (exact) mass is 223 g/mol. The topological polar surface area (TPSA) is 43.8 Å². The first kappa shape index (κ1) is 11.2. The van der Waals surface area contributed by atoms with Crippen LogP contribution in [0.5, 0.6) is 0 Å². The molecule has 3 nitrogen and oxygen atoms in total. The van der Waals surface area contributed by atoms with Crippen molar-refractivity contribution in [3.8, 4) is 0 Å². The molecule has 0 amide bonds. The van der Waals surface area contributed by atoms with Crippen molar-refractivity contribution in [1.29, 1.82) is 0 Å². The molecule has 2 N–H and O–H groups in total. The predicted octanol–water partition coefficient (Wildman–Crippen LogP) is 2.41. The average molecular weight is 224 g/mol. The van der Waals surface area contributed by atoms with E-state index in [4.69, 9.17) is 17.3 Å². The lowest BCUT2D eigenvalue weighted by Gasteiger charge is -2.09. The van der Waals surface area contributed by atoms with Gasteiger partial charge in [0.1, 0.15) is 5.02 Å². The van der Waals surface area contributed by atoms with Gasteiger partial charge in [0, 0.05) is 19.2 Å². The average Bonchev–Trinajstić information content (AvgIpc) is 2.28. The Hall–Kier alpha value is -0.840. The summed E-state index contributed by atoms with van der Waals surface area (Å²) in [7, 11) is 0. The Labute approximate surface area is 85.8 Å². The Morgan fingerprint density at radius 1 is 1.64 bits per heavy atom. The van der Waals surface area contributed by atoms with Gasteiger partial charge in [0.2, 0.25) is 6.43 Å². The molecule has 1 unspecified atom stereocenters. The highest BCUT2D eigenvalue weighted by Crippen LogP contribution is 2.18. The summed E-state index contributed by atoms with van der Waals surface area (Å²) in [6, 6.07) is 0. The molecular weight excluding hydrogens is 212 g/mol. The highest BCUT2D eigenvalue weighted by molar-refractivity contribution is 6.32. The van der Waals surface area contributed by atoms with E-state index in [1.165, 1.54) is 4.68 Å². The van der Waals surface area contributed by atoms with Crippen LogP contribution in [0.15, 0.2) is 6.20 Å². The van der Waals surface area contributed by atoms with Gasteiger partial charge in [0.05, 0.1) is 0 Å². The van der Waals surface area contributed by atoms with Crippen molar-refractivity contribution in [3.05, 3.63) is 11.2 Å². The third kappa shape index (κ3) is 3.14. The molecule has 0 aromatic carbocycles. The lowest BCUT2D eigenvalue weighted by atomic mass is 10.1. The first-order chi connectivity index (χ1) is 6.49. The summed E-state index contributed by atoms with van der Waals surface area (Å²) < 4.78 is 25.5. The number of nitrogens with two attached hydrogens (primary N) is 1. The Bertz CT molecular complexity index is 281. The van der Waals surface area contributed by atoms with Crippen molar-refractivity contribution < 1.29 is 8.78 Å². The van der Waals surface area contributed by atoms with Gasteiger partial charge in [-0.15, -0.1) is 0 Å². The summed E-state index contributed by atoms with van der Waals surface area (Å²) >= 11 is 5.66. The molecular formula is C8H12ClF2N3. The SMILES string of the molecule is CC(CC(F)F)Cn1cc(Cl)c(N)n1. The molecule has 6 heteroatoms. The van der Waals surface area contributed by atoms with Gasteiger partial charge in [-0.25, -0.2) is 8.78 Å². The molecule has 0 bridgehead atoms. The van der Waals surface area contributed by atoms with Crippen molar-refractivity contribution in [2.75, 3.05) is 5.73 Å². The fourth-order valence-corrected chi connectivity index (χ4v) is 1.35. The van der Waals surface area contributed by atoms with E-state index in [9.17, 15) is 8.78 Å². The summed E-state index contributed by atoms with van der Waals surface area (Å²) in [5.74, 6) is 0.0845. The van der Waals surface area contributed by atoms with E-state index in [1.807, 2.05) is 0 Å². The number of hydrogen-bond acceptors (Lipinski definition) is 2. The first-order valence-electron chi connectivity index (χ1n) is 4.25. The zero-order valence-electron chi connectivity index (χ0n) is 7.75. The number of alkyl halides is 2. The van der Waals surface area contributed by atoms with Crippen LogP contribution in [0.25, 0.3) is 0 Å². The molecule has 0 aliphatic carbocycles. The largest absolute Gasteiger partial charge is 0.381 e. The second-order valence-electron chi connectivity index (χ2n) is 3.32. The van der Waals surface area contributed by atoms with Crippen LogP contribution in [0.1, 0.15) is 13.3 Å². The van der Waals surface area contributed by atoms with E-state index in [0.29, 0.717) is 11.6 Å². The first-order valence-corrected chi connectivity index (χ1v) is 4.63. The number of halogens is 3. The molecule has 0 spiro atoms. The number of rotatable bonds is 4. The zero-order valence-corrected chi connectivity index (χ0v) is 8.51. The molecule has 1 aromatic rings. The Morgan fingerprint density at radius 3 is 2.71 bits per heavy atom. The lowest BCUT2D eigenvalue weighted by Crippen LogP contribution is -2.11. The van der Waals surface area contributed by atoms with Crippen molar-refractivity contribution in [2.45, 2.75) is 26.3 Å². The van der Waals surface area contributed by atoms with Crippen molar-refractivity contribution in [2.24, 2.45) is 5.92 Å². The number of nitrogens with zero attached hydrogens (tertiary/aromatic N) is 2. The molecule has 0 saturated carbocycles. The van der Waals surface area contributed by atoms with Gasteiger partial charge in [-0.1, -0.05) is 18.5 Å². The molecule has 80 valence electrons. The molecule has 1 heterocycles. The molecule has 0 saturated heterocycles. The van der Waals surface area contributed by atoms with E-state index in [2.05, 4.69) is 5.10 Å². The zero-order chi connectivity index (χ0) is 10.7. The van der Waals surface area contributed by atoms with Gasteiger partial charge in [0.15, 0.2) is 5.82 Å². The Morgan fingerprint density at radius 2 is 2.29 bits per heavy atom. The minimum absolute atomic E-state index is 0.141. The number of nitrogen functional groups attached to an aromatic ring is 1. The second kappa shape index (κ2) is 4.59. The Kier molecular flexibility index (Phi) is 3.69. The highest BCUT2D eigenvalue weighted by atomic mass is 35.5. The molecule has 14 heavy (non-hydrogen) atoms.